The summed E-state index contributed by atoms with van der Waals surface area (Å²) in [5.41, 5.74) is 10.5. The van der Waals surface area contributed by atoms with Crippen LogP contribution in [-0.4, -0.2) is 43.7 Å². The number of rotatable bonds is 5. The van der Waals surface area contributed by atoms with Crippen LogP contribution in [0, 0.1) is 12.3 Å². The number of carbonyl (C=O) groups excluding carboxylic acids is 1. The molecule has 4 heteroatoms. The SMILES string of the molecule is C=C/C=C(\C=C1/COCC12CCN(C(=O)/C=C/c1cccc(C)c1)CC2)CN. The van der Waals surface area contributed by atoms with Crippen molar-refractivity contribution < 1.29 is 9.53 Å². The standard InChI is InChI=1S/C24H30N2O2/c1-3-5-21(16-25)15-22-17-28-18-24(22)10-12-26(13-11-24)23(27)9-8-20-7-4-6-19(2)14-20/h3-9,14-15H,1,10-13,16-18,25H2,2H3/b9-8+,21-5+,22-15+. The van der Waals surface area contributed by atoms with Gasteiger partial charge >= 0.3 is 0 Å². The minimum absolute atomic E-state index is 0.0342. The molecule has 2 N–H and O–H groups in total. The van der Waals surface area contributed by atoms with Gasteiger partial charge < -0.3 is 15.4 Å². The first kappa shape index (κ1) is 20.3. The van der Waals surface area contributed by atoms with E-state index in [-0.39, 0.29) is 11.3 Å². The van der Waals surface area contributed by atoms with Crippen LogP contribution in [0.25, 0.3) is 6.08 Å². The van der Waals surface area contributed by atoms with Gasteiger partial charge in [-0.25, -0.2) is 0 Å². The summed E-state index contributed by atoms with van der Waals surface area (Å²) in [7, 11) is 0. The summed E-state index contributed by atoms with van der Waals surface area (Å²) in [6.07, 6.45) is 11.3. The van der Waals surface area contributed by atoms with E-state index in [1.807, 2.05) is 29.2 Å². The Balaban J connectivity index is 1.64. The first-order valence-electron chi connectivity index (χ1n) is 9.90. The highest BCUT2D eigenvalue weighted by molar-refractivity contribution is 5.91. The number of hydrogen-bond acceptors (Lipinski definition) is 3. The van der Waals surface area contributed by atoms with Crippen molar-refractivity contribution >= 4 is 12.0 Å². The highest BCUT2D eigenvalue weighted by Gasteiger charge is 2.42. The lowest BCUT2D eigenvalue weighted by atomic mass is 9.74. The molecule has 0 radical (unpaired) electrons. The first-order chi connectivity index (χ1) is 13.6. The van der Waals surface area contributed by atoms with Gasteiger partial charge in [-0.05, 0) is 42.6 Å². The van der Waals surface area contributed by atoms with Gasteiger partial charge in [0.2, 0.25) is 5.91 Å². The fourth-order valence-electron chi connectivity index (χ4n) is 4.01. The van der Waals surface area contributed by atoms with E-state index in [0.717, 1.165) is 43.7 Å². The van der Waals surface area contributed by atoms with Crippen molar-refractivity contribution in [3.8, 4) is 0 Å². The normalized spacial score (nSPS) is 21.0. The molecule has 1 spiro atoms. The Kier molecular flexibility index (Phi) is 6.65. The van der Waals surface area contributed by atoms with E-state index in [2.05, 4.69) is 31.7 Å². The molecule has 1 aromatic carbocycles. The average molecular weight is 379 g/mol. The summed E-state index contributed by atoms with van der Waals surface area (Å²) in [6.45, 7) is 9.18. The molecule has 3 rings (SSSR count). The molecule has 2 saturated heterocycles. The Morgan fingerprint density at radius 3 is 2.82 bits per heavy atom. The summed E-state index contributed by atoms with van der Waals surface area (Å²) >= 11 is 0. The molecule has 0 saturated carbocycles. The Morgan fingerprint density at radius 1 is 1.36 bits per heavy atom. The Labute approximate surface area is 168 Å². The summed E-state index contributed by atoms with van der Waals surface area (Å²) < 4.78 is 5.81. The van der Waals surface area contributed by atoms with Crippen LogP contribution in [-0.2, 0) is 9.53 Å². The smallest absolute Gasteiger partial charge is 0.246 e. The van der Waals surface area contributed by atoms with Crippen LogP contribution in [0.15, 0.2) is 66.3 Å². The molecule has 1 aromatic rings. The van der Waals surface area contributed by atoms with Crippen LogP contribution in [0.3, 0.4) is 0 Å². The highest BCUT2D eigenvalue weighted by atomic mass is 16.5. The number of likely N-dealkylation sites (tertiary alicyclic amines) is 1. The van der Waals surface area contributed by atoms with Crippen molar-refractivity contribution in [1.29, 1.82) is 0 Å². The number of amides is 1. The predicted molar refractivity (Wildman–Crippen MR) is 115 cm³/mol. The molecule has 2 aliphatic rings. The van der Waals surface area contributed by atoms with Crippen molar-refractivity contribution in [2.45, 2.75) is 19.8 Å². The van der Waals surface area contributed by atoms with E-state index in [9.17, 15) is 4.79 Å². The molecule has 0 aliphatic carbocycles. The molecule has 2 heterocycles. The van der Waals surface area contributed by atoms with Gasteiger partial charge in [-0.15, -0.1) is 0 Å². The molecular weight excluding hydrogens is 348 g/mol. The van der Waals surface area contributed by atoms with Crippen LogP contribution in [0.1, 0.15) is 24.0 Å². The molecule has 1 amide bonds. The molecule has 0 unspecified atom stereocenters. The zero-order valence-electron chi connectivity index (χ0n) is 16.7. The zero-order chi connectivity index (χ0) is 20.0. The van der Waals surface area contributed by atoms with Gasteiger partial charge in [-0.2, -0.15) is 0 Å². The molecule has 148 valence electrons. The van der Waals surface area contributed by atoms with E-state index < -0.39 is 0 Å². The molecular formula is C24H30N2O2. The maximum Gasteiger partial charge on any atom is 0.246 e. The van der Waals surface area contributed by atoms with Crippen molar-refractivity contribution in [1.82, 2.24) is 4.90 Å². The number of aryl methyl sites for hydroxylation is 1. The molecule has 0 aromatic heterocycles. The van der Waals surface area contributed by atoms with E-state index in [4.69, 9.17) is 10.5 Å². The second kappa shape index (κ2) is 9.18. The quantitative estimate of drug-likeness (QED) is 0.629. The van der Waals surface area contributed by atoms with Gasteiger partial charge in [0.15, 0.2) is 0 Å². The van der Waals surface area contributed by atoms with Crippen LogP contribution >= 0.6 is 0 Å². The second-order valence-corrected chi connectivity index (χ2v) is 7.70. The molecule has 0 bridgehead atoms. The third-order valence-corrected chi connectivity index (χ3v) is 5.74. The molecule has 4 nitrogen and oxygen atoms in total. The number of piperidine rings is 1. The number of nitrogens with two attached hydrogens (primary N) is 1. The van der Waals surface area contributed by atoms with Gasteiger partial charge in [0, 0.05) is 31.1 Å². The Morgan fingerprint density at radius 2 is 2.14 bits per heavy atom. The Bertz CT molecular complexity index is 812. The summed E-state index contributed by atoms with van der Waals surface area (Å²) in [6, 6.07) is 8.15. The van der Waals surface area contributed by atoms with Crippen molar-refractivity contribution in [3.05, 3.63) is 77.4 Å². The van der Waals surface area contributed by atoms with Crippen LogP contribution in [0.5, 0.6) is 0 Å². The topological polar surface area (TPSA) is 55.6 Å². The number of nitrogens with zero attached hydrogens (tertiary/aromatic N) is 1. The van der Waals surface area contributed by atoms with Crippen molar-refractivity contribution in [3.63, 3.8) is 0 Å². The zero-order valence-corrected chi connectivity index (χ0v) is 16.7. The number of ether oxygens (including phenoxy) is 1. The molecule has 2 fully saturated rings. The first-order valence-corrected chi connectivity index (χ1v) is 9.90. The van der Waals surface area contributed by atoms with E-state index >= 15 is 0 Å². The summed E-state index contributed by atoms with van der Waals surface area (Å²) in [5, 5.41) is 0. The molecule has 0 atom stereocenters. The third-order valence-electron chi connectivity index (χ3n) is 5.74. The number of benzene rings is 1. The van der Waals surface area contributed by atoms with Gasteiger partial charge in [0.25, 0.3) is 0 Å². The minimum atomic E-state index is 0.0342. The van der Waals surface area contributed by atoms with Crippen LogP contribution < -0.4 is 5.73 Å². The fraction of sp³-hybridized carbons (Fsp3) is 0.375. The average Bonchev–Trinajstić information content (AvgIpc) is 3.08. The lowest BCUT2D eigenvalue weighted by Crippen LogP contribution is -2.43. The van der Waals surface area contributed by atoms with Gasteiger partial charge in [-0.1, -0.05) is 54.6 Å². The van der Waals surface area contributed by atoms with Gasteiger partial charge in [0.05, 0.1) is 13.2 Å². The second-order valence-electron chi connectivity index (χ2n) is 7.70. The van der Waals surface area contributed by atoms with Crippen molar-refractivity contribution in [2.24, 2.45) is 11.1 Å². The monoisotopic (exact) mass is 378 g/mol. The van der Waals surface area contributed by atoms with Gasteiger partial charge in [-0.3, -0.25) is 4.79 Å². The maximum atomic E-state index is 12.6. The molecule has 28 heavy (non-hydrogen) atoms. The van der Waals surface area contributed by atoms with Crippen molar-refractivity contribution in [2.75, 3.05) is 32.8 Å². The largest absolute Gasteiger partial charge is 0.376 e. The Hall–Kier alpha value is -2.43. The van der Waals surface area contributed by atoms with Crippen LogP contribution in [0.4, 0.5) is 0 Å². The summed E-state index contributed by atoms with van der Waals surface area (Å²) in [5.74, 6) is 0.0787. The predicted octanol–water partition coefficient (Wildman–Crippen LogP) is 3.64. The van der Waals surface area contributed by atoms with E-state index in [1.54, 1.807) is 12.2 Å². The maximum absolute atomic E-state index is 12.6. The van der Waals surface area contributed by atoms with Gasteiger partial charge in [0.1, 0.15) is 0 Å². The number of allylic oxidation sites excluding steroid dienone is 2. The van der Waals surface area contributed by atoms with E-state index in [0.29, 0.717) is 13.2 Å². The minimum Gasteiger partial charge on any atom is -0.376 e. The lowest BCUT2D eigenvalue weighted by molar-refractivity contribution is -0.128. The molecule has 2 aliphatic heterocycles. The number of hydrogen-bond donors (Lipinski definition) is 1. The van der Waals surface area contributed by atoms with Crippen LogP contribution in [0.2, 0.25) is 0 Å². The fourth-order valence-corrected chi connectivity index (χ4v) is 4.01. The third kappa shape index (κ3) is 4.70. The summed E-state index contributed by atoms with van der Waals surface area (Å²) in [4.78, 5) is 14.5. The number of carbonyl (C=O) groups is 1. The highest BCUT2D eigenvalue weighted by Crippen LogP contribution is 2.43. The lowest BCUT2D eigenvalue weighted by Gasteiger charge is -2.39. The van der Waals surface area contributed by atoms with E-state index in [1.165, 1.54) is 11.1 Å².